The van der Waals surface area contributed by atoms with Gasteiger partial charge in [0.1, 0.15) is 5.76 Å². The fraction of sp³-hybridized carbons (Fsp3) is 0.615. The Hall–Kier alpha value is -1.25. The van der Waals surface area contributed by atoms with E-state index in [1.165, 1.54) is 6.92 Å². The normalized spacial score (nSPS) is 12.2. The summed E-state index contributed by atoms with van der Waals surface area (Å²) in [5.41, 5.74) is 0.477. The highest BCUT2D eigenvalue weighted by Gasteiger charge is 2.18. The average molecular weight is 225 g/mol. The highest BCUT2D eigenvalue weighted by Crippen LogP contribution is 2.26. The Morgan fingerprint density at radius 2 is 2.00 bits per heavy atom. The molecule has 0 aliphatic carbocycles. The second-order valence-electron chi connectivity index (χ2n) is 4.81. The van der Waals surface area contributed by atoms with Crippen molar-refractivity contribution in [1.29, 1.82) is 0 Å². The quantitative estimate of drug-likeness (QED) is 0.577. The van der Waals surface area contributed by atoms with E-state index in [4.69, 9.17) is 4.74 Å². The number of carbonyl (C=O) groups excluding carboxylic acids is 1. The topological polar surface area (TPSA) is 38.3 Å². The van der Waals surface area contributed by atoms with Gasteiger partial charge in [0.25, 0.3) is 0 Å². The lowest BCUT2D eigenvalue weighted by molar-refractivity contribution is -0.118. The summed E-state index contributed by atoms with van der Waals surface area (Å²) in [7, 11) is 0. The van der Waals surface area contributed by atoms with Crippen LogP contribution in [0.1, 0.15) is 41.0 Å². The predicted molar refractivity (Wildman–Crippen MR) is 66.7 cm³/mol. The van der Waals surface area contributed by atoms with Crippen LogP contribution in [-0.2, 0) is 9.53 Å². The molecule has 0 heterocycles. The lowest BCUT2D eigenvalue weighted by Crippen LogP contribution is -2.20. The summed E-state index contributed by atoms with van der Waals surface area (Å²) in [6.45, 7) is 14.2. The number of allylic oxidation sites excluding steroid dienone is 2. The third-order valence-corrected chi connectivity index (χ3v) is 1.84. The second-order valence-corrected chi connectivity index (χ2v) is 4.81. The van der Waals surface area contributed by atoms with E-state index in [1.807, 2.05) is 0 Å². The number of rotatable bonds is 5. The molecule has 16 heavy (non-hydrogen) atoms. The first kappa shape index (κ1) is 14.8. The molecule has 3 nitrogen and oxygen atoms in total. The maximum atomic E-state index is 10.9. The van der Waals surface area contributed by atoms with E-state index >= 15 is 0 Å². The first-order valence-corrected chi connectivity index (χ1v) is 5.58. The van der Waals surface area contributed by atoms with Crippen LogP contribution < -0.4 is 5.32 Å². The first-order valence-electron chi connectivity index (χ1n) is 5.58. The van der Waals surface area contributed by atoms with E-state index in [-0.39, 0.29) is 11.3 Å². The molecule has 0 rings (SSSR count). The van der Waals surface area contributed by atoms with Crippen molar-refractivity contribution in [3.05, 3.63) is 24.1 Å². The molecule has 0 aromatic rings. The van der Waals surface area contributed by atoms with E-state index < -0.39 is 0 Å². The molecule has 3 heteroatoms. The SMILES string of the molecule is C=C(/C=C(\OCCC)C(C)(C)C)NC(C)=O. The van der Waals surface area contributed by atoms with E-state index in [9.17, 15) is 4.79 Å². The van der Waals surface area contributed by atoms with Gasteiger partial charge in [-0.25, -0.2) is 0 Å². The second kappa shape index (κ2) is 6.36. The van der Waals surface area contributed by atoms with E-state index in [2.05, 4.69) is 39.6 Å². The Labute approximate surface area is 98.6 Å². The Morgan fingerprint density at radius 3 is 2.38 bits per heavy atom. The highest BCUT2D eigenvalue weighted by molar-refractivity contribution is 5.75. The van der Waals surface area contributed by atoms with Gasteiger partial charge in [-0.05, 0) is 12.5 Å². The summed E-state index contributed by atoms with van der Waals surface area (Å²) in [6, 6.07) is 0. The number of nitrogens with one attached hydrogen (secondary N) is 1. The van der Waals surface area contributed by atoms with Crippen LogP contribution in [0, 0.1) is 5.41 Å². The molecule has 0 saturated heterocycles. The molecule has 0 atom stereocenters. The molecule has 1 N–H and O–H groups in total. The van der Waals surface area contributed by atoms with Crippen molar-refractivity contribution in [2.45, 2.75) is 41.0 Å². The van der Waals surface area contributed by atoms with Crippen molar-refractivity contribution >= 4 is 5.91 Å². The minimum absolute atomic E-state index is 0.0867. The maximum absolute atomic E-state index is 10.9. The third kappa shape index (κ3) is 6.27. The first-order chi connectivity index (χ1) is 7.27. The zero-order valence-corrected chi connectivity index (χ0v) is 11.0. The molecule has 0 saturated carbocycles. The maximum Gasteiger partial charge on any atom is 0.221 e. The Bertz CT molecular complexity index is 285. The van der Waals surface area contributed by atoms with Crippen LogP contribution in [0.4, 0.5) is 0 Å². The van der Waals surface area contributed by atoms with Gasteiger partial charge in [-0.15, -0.1) is 0 Å². The smallest absolute Gasteiger partial charge is 0.221 e. The number of hydrogen-bond acceptors (Lipinski definition) is 2. The number of hydrogen-bond donors (Lipinski definition) is 1. The van der Waals surface area contributed by atoms with Crippen LogP contribution in [0.2, 0.25) is 0 Å². The van der Waals surface area contributed by atoms with Gasteiger partial charge in [-0.2, -0.15) is 0 Å². The van der Waals surface area contributed by atoms with Crippen molar-refractivity contribution in [2.75, 3.05) is 6.61 Å². The fourth-order valence-electron chi connectivity index (χ4n) is 1.11. The van der Waals surface area contributed by atoms with Gasteiger partial charge in [0.15, 0.2) is 0 Å². The van der Waals surface area contributed by atoms with Crippen molar-refractivity contribution < 1.29 is 9.53 Å². The van der Waals surface area contributed by atoms with Gasteiger partial charge in [0.2, 0.25) is 5.91 Å². The number of carbonyl (C=O) groups is 1. The Kier molecular flexibility index (Phi) is 5.86. The molecule has 0 aliphatic heterocycles. The summed E-state index contributed by atoms with van der Waals surface area (Å²) in [5, 5.41) is 2.63. The van der Waals surface area contributed by atoms with Crippen LogP contribution in [-0.4, -0.2) is 12.5 Å². The number of ether oxygens (including phenoxy) is 1. The van der Waals surface area contributed by atoms with Crippen LogP contribution in [0.5, 0.6) is 0 Å². The molecule has 0 spiro atoms. The van der Waals surface area contributed by atoms with Gasteiger partial charge < -0.3 is 10.1 Å². The highest BCUT2D eigenvalue weighted by atomic mass is 16.5. The van der Waals surface area contributed by atoms with Crippen LogP contribution >= 0.6 is 0 Å². The minimum Gasteiger partial charge on any atom is -0.497 e. The van der Waals surface area contributed by atoms with Crippen molar-refractivity contribution in [1.82, 2.24) is 5.32 Å². The van der Waals surface area contributed by atoms with E-state index in [1.54, 1.807) is 6.08 Å². The summed E-state index contributed by atoms with van der Waals surface area (Å²) in [4.78, 5) is 10.9. The summed E-state index contributed by atoms with van der Waals surface area (Å²) >= 11 is 0. The average Bonchev–Trinajstić information content (AvgIpc) is 2.08. The third-order valence-electron chi connectivity index (χ3n) is 1.84. The molecule has 92 valence electrons. The molecule has 1 amide bonds. The minimum atomic E-state index is -0.120. The molecular formula is C13H23NO2. The molecule has 0 aliphatic rings. The molecule has 0 aromatic carbocycles. The largest absolute Gasteiger partial charge is 0.497 e. The summed E-state index contributed by atoms with van der Waals surface area (Å²) < 4.78 is 5.66. The Morgan fingerprint density at radius 1 is 1.44 bits per heavy atom. The molecule has 0 fully saturated rings. The van der Waals surface area contributed by atoms with Gasteiger partial charge >= 0.3 is 0 Å². The summed E-state index contributed by atoms with van der Waals surface area (Å²) in [5.74, 6) is 0.720. The molecular weight excluding hydrogens is 202 g/mol. The lowest BCUT2D eigenvalue weighted by atomic mass is 9.93. The van der Waals surface area contributed by atoms with E-state index in [0.717, 1.165) is 12.2 Å². The van der Waals surface area contributed by atoms with Gasteiger partial charge in [0.05, 0.1) is 6.61 Å². The van der Waals surface area contributed by atoms with Crippen molar-refractivity contribution in [2.24, 2.45) is 5.41 Å². The van der Waals surface area contributed by atoms with Crippen molar-refractivity contribution in [3.63, 3.8) is 0 Å². The molecule has 0 aromatic heterocycles. The van der Waals surface area contributed by atoms with Gasteiger partial charge in [0, 0.05) is 18.0 Å². The summed E-state index contributed by atoms with van der Waals surface area (Å²) in [6.07, 6.45) is 2.75. The lowest BCUT2D eigenvalue weighted by Gasteiger charge is -2.23. The fourth-order valence-corrected chi connectivity index (χ4v) is 1.11. The Balaban J connectivity index is 4.68. The predicted octanol–water partition coefficient (Wildman–Crippen LogP) is 2.99. The number of amides is 1. The monoisotopic (exact) mass is 225 g/mol. The molecule has 0 bridgehead atoms. The standard InChI is InChI=1S/C13H23NO2/c1-7-8-16-12(13(4,5)6)9-10(2)14-11(3)15/h9H,2,7-8H2,1,3-6H3,(H,14,15)/b12-9-. The van der Waals surface area contributed by atoms with Gasteiger partial charge in [-0.3, -0.25) is 4.79 Å². The van der Waals surface area contributed by atoms with Gasteiger partial charge in [-0.1, -0.05) is 34.3 Å². The zero-order chi connectivity index (χ0) is 12.8. The van der Waals surface area contributed by atoms with E-state index in [0.29, 0.717) is 12.3 Å². The van der Waals surface area contributed by atoms with Crippen LogP contribution in [0.3, 0.4) is 0 Å². The van der Waals surface area contributed by atoms with Crippen molar-refractivity contribution in [3.8, 4) is 0 Å². The molecule has 0 unspecified atom stereocenters. The molecule has 0 radical (unpaired) electrons. The zero-order valence-electron chi connectivity index (χ0n) is 11.0. The van der Waals surface area contributed by atoms with Crippen LogP contribution in [0.25, 0.3) is 0 Å². The van der Waals surface area contributed by atoms with Crippen LogP contribution in [0.15, 0.2) is 24.1 Å².